The standard InChI is InChI=1S/C9H8O3S/c10-4-6-3-5-1-2-7(11)8(12)9(5)13-6/h3-4,7,11H,1-2H2. The van der Waals surface area contributed by atoms with Crippen molar-refractivity contribution >= 4 is 23.4 Å². The largest absolute Gasteiger partial charge is 0.385 e. The first-order valence-electron chi connectivity index (χ1n) is 4.02. The summed E-state index contributed by atoms with van der Waals surface area (Å²) in [5.41, 5.74) is 0.905. The number of aldehydes is 1. The fourth-order valence-corrected chi connectivity index (χ4v) is 2.49. The van der Waals surface area contributed by atoms with Gasteiger partial charge in [0.2, 0.25) is 5.78 Å². The van der Waals surface area contributed by atoms with Crippen molar-refractivity contribution in [3.05, 3.63) is 21.4 Å². The van der Waals surface area contributed by atoms with Crippen molar-refractivity contribution in [2.75, 3.05) is 0 Å². The molecule has 0 aromatic carbocycles. The van der Waals surface area contributed by atoms with Crippen LogP contribution >= 0.6 is 11.3 Å². The van der Waals surface area contributed by atoms with E-state index in [2.05, 4.69) is 0 Å². The van der Waals surface area contributed by atoms with Gasteiger partial charge < -0.3 is 5.11 Å². The zero-order chi connectivity index (χ0) is 9.42. The minimum absolute atomic E-state index is 0.237. The van der Waals surface area contributed by atoms with Crippen molar-refractivity contribution in [1.29, 1.82) is 0 Å². The number of fused-ring (bicyclic) bond motifs is 1. The number of ketones is 1. The van der Waals surface area contributed by atoms with Crippen LogP contribution in [-0.4, -0.2) is 23.3 Å². The van der Waals surface area contributed by atoms with Crippen LogP contribution in [0.3, 0.4) is 0 Å². The highest BCUT2D eigenvalue weighted by Crippen LogP contribution is 2.28. The van der Waals surface area contributed by atoms with E-state index in [1.54, 1.807) is 6.07 Å². The van der Waals surface area contributed by atoms with Gasteiger partial charge >= 0.3 is 0 Å². The molecule has 1 atom stereocenters. The van der Waals surface area contributed by atoms with Gasteiger partial charge in [0.05, 0.1) is 9.75 Å². The summed E-state index contributed by atoms with van der Waals surface area (Å²) in [6, 6.07) is 1.73. The predicted octanol–water partition coefficient (Wildman–Crippen LogP) is 1.05. The summed E-state index contributed by atoms with van der Waals surface area (Å²) >= 11 is 1.17. The van der Waals surface area contributed by atoms with E-state index in [4.69, 9.17) is 0 Å². The molecule has 13 heavy (non-hydrogen) atoms. The number of Topliss-reactive ketones (excluding diaryl/α,β-unsaturated/α-hetero) is 1. The lowest BCUT2D eigenvalue weighted by atomic mass is 9.96. The molecule has 1 aliphatic rings. The second-order valence-electron chi connectivity index (χ2n) is 3.04. The lowest BCUT2D eigenvalue weighted by molar-refractivity contribution is 0.0718. The van der Waals surface area contributed by atoms with E-state index in [0.29, 0.717) is 22.6 Å². The summed E-state index contributed by atoms with van der Waals surface area (Å²) < 4.78 is 0. The Labute approximate surface area is 79.0 Å². The molecule has 0 amide bonds. The molecule has 1 aliphatic carbocycles. The van der Waals surface area contributed by atoms with Gasteiger partial charge in [0.25, 0.3) is 0 Å². The number of aryl methyl sites for hydroxylation is 1. The van der Waals surface area contributed by atoms with Gasteiger partial charge in [-0.2, -0.15) is 0 Å². The summed E-state index contributed by atoms with van der Waals surface area (Å²) in [5.74, 6) is -0.237. The fourth-order valence-electron chi connectivity index (χ4n) is 1.48. The van der Waals surface area contributed by atoms with Crippen molar-refractivity contribution in [3.63, 3.8) is 0 Å². The third kappa shape index (κ3) is 1.32. The van der Waals surface area contributed by atoms with Crippen LogP contribution in [0.5, 0.6) is 0 Å². The van der Waals surface area contributed by atoms with Crippen molar-refractivity contribution < 1.29 is 14.7 Å². The molecule has 68 valence electrons. The minimum atomic E-state index is -0.870. The van der Waals surface area contributed by atoms with Crippen LogP contribution in [-0.2, 0) is 6.42 Å². The highest BCUT2D eigenvalue weighted by Gasteiger charge is 2.27. The SMILES string of the molecule is O=Cc1cc2c(s1)C(=O)C(O)CC2. The molecule has 1 aromatic heterocycles. The summed E-state index contributed by atoms with van der Waals surface area (Å²) in [5, 5.41) is 9.28. The Hall–Kier alpha value is -1.00. The van der Waals surface area contributed by atoms with Gasteiger partial charge in [-0.3, -0.25) is 9.59 Å². The van der Waals surface area contributed by atoms with Crippen molar-refractivity contribution in [1.82, 2.24) is 0 Å². The number of carbonyl (C=O) groups is 2. The first kappa shape index (κ1) is 8.59. The average Bonchev–Trinajstić information content (AvgIpc) is 2.55. The molecular formula is C9H8O3S. The molecule has 0 saturated carbocycles. The van der Waals surface area contributed by atoms with Crippen LogP contribution in [0.2, 0.25) is 0 Å². The Morgan fingerprint density at radius 1 is 1.62 bits per heavy atom. The third-order valence-corrected chi connectivity index (χ3v) is 3.28. The molecule has 2 rings (SSSR count). The van der Waals surface area contributed by atoms with Gasteiger partial charge in [-0.05, 0) is 24.5 Å². The maximum absolute atomic E-state index is 11.4. The van der Waals surface area contributed by atoms with Crippen molar-refractivity contribution in [3.8, 4) is 0 Å². The van der Waals surface area contributed by atoms with E-state index in [1.165, 1.54) is 11.3 Å². The lowest BCUT2D eigenvalue weighted by Crippen LogP contribution is -2.25. The number of carbonyl (C=O) groups excluding carboxylic acids is 2. The molecule has 0 aliphatic heterocycles. The molecule has 1 aromatic rings. The minimum Gasteiger partial charge on any atom is -0.385 e. The van der Waals surface area contributed by atoms with Gasteiger partial charge in [-0.15, -0.1) is 11.3 Å². The van der Waals surface area contributed by atoms with Gasteiger partial charge in [0.15, 0.2) is 6.29 Å². The monoisotopic (exact) mass is 196 g/mol. The third-order valence-electron chi connectivity index (χ3n) is 2.16. The number of hydrogen-bond donors (Lipinski definition) is 1. The molecule has 3 nitrogen and oxygen atoms in total. The molecule has 0 saturated heterocycles. The van der Waals surface area contributed by atoms with E-state index < -0.39 is 6.10 Å². The molecule has 4 heteroatoms. The summed E-state index contributed by atoms with van der Waals surface area (Å²) in [6.07, 6.45) is 1.03. The first-order chi connectivity index (χ1) is 6.22. The number of rotatable bonds is 1. The topological polar surface area (TPSA) is 54.4 Å². The Balaban J connectivity index is 2.47. The van der Waals surface area contributed by atoms with E-state index in [9.17, 15) is 14.7 Å². The Bertz CT molecular complexity index is 367. The quantitative estimate of drug-likeness (QED) is 0.683. The van der Waals surface area contributed by atoms with E-state index in [-0.39, 0.29) is 5.78 Å². The maximum atomic E-state index is 11.4. The zero-order valence-corrected chi connectivity index (χ0v) is 7.63. The average molecular weight is 196 g/mol. The first-order valence-corrected chi connectivity index (χ1v) is 4.84. The second kappa shape index (κ2) is 3.05. The van der Waals surface area contributed by atoms with Crippen LogP contribution in [0.4, 0.5) is 0 Å². The Morgan fingerprint density at radius 2 is 2.38 bits per heavy atom. The number of aliphatic hydroxyl groups excluding tert-OH is 1. The highest BCUT2D eigenvalue weighted by molar-refractivity contribution is 7.15. The molecule has 0 spiro atoms. The summed E-state index contributed by atoms with van der Waals surface area (Å²) in [4.78, 5) is 23.0. The number of thiophene rings is 1. The maximum Gasteiger partial charge on any atom is 0.201 e. The summed E-state index contributed by atoms with van der Waals surface area (Å²) in [6.45, 7) is 0. The predicted molar refractivity (Wildman–Crippen MR) is 48.4 cm³/mol. The molecular weight excluding hydrogens is 188 g/mol. The van der Waals surface area contributed by atoms with Crippen molar-refractivity contribution in [2.45, 2.75) is 18.9 Å². The highest BCUT2D eigenvalue weighted by atomic mass is 32.1. The van der Waals surface area contributed by atoms with E-state index in [1.807, 2.05) is 0 Å². The van der Waals surface area contributed by atoms with Crippen molar-refractivity contribution in [2.24, 2.45) is 0 Å². The van der Waals surface area contributed by atoms with E-state index in [0.717, 1.165) is 11.8 Å². The molecule has 1 heterocycles. The van der Waals surface area contributed by atoms with Gasteiger partial charge in [0, 0.05) is 0 Å². The fraction of sp³-hybridized carbons (Fsp3) is 0.333. The molecule has 1 unspecified atom stereocenters. The van der Waals surface area contributed by atoms with Gasteiger partial charge in [0.1, 0.15) is 6.10 Å². The van der Waals surface area contributed by atoms with Gasteiger partial charge in [-0.25, -0.2) is 0 Å². The zero-order valence-electron chi connectivity index (χ0n) is 6.82. The smallest absolute Gasteiger partial charge is 0.201 e. The van der Waals surface area contributed by atoms with Gasteiger partial charge in [-0.1, -0.05) is 0 Å². The molecule has 1 N–H and O–H groups in total. The lowest BCUT2D eigenvalue weighted by Gasteiger charge is -2.14. The van der Waals surface area contributed by atoms with Crippen LogP contribution < -0.4 is 0 Å². The van der Waals surface area contributed by atoms with Crippen LogP contribution in [0.15, 0.2) is 6.07 Å². The Morgan fingerprint density at radius 3 is 3.08 bits per heavy atom. The number of aliphatic hydroxyl groups is 1. The normalized spacial score (nSPS) is 21.3. The second-order valence-corrected chi connectivity index (χ2v) is 4.12. The van der Waals surface area contributed by atoms with Crippen LogP contribution in [0.25, 0.3) is 0 Å². The molecule has 0 radical (unpaired) electrons. The van der Waals surface area contributed by atoms with Crippen LogP contribution in [0.1, 0.15) is 31.3 Å². The number of hydrogen-bond acceptors (Lipinski definition) is 4. The Kier molecular flexibility index (Phi) is 2.01. The summed E-state index contributed by atoms with van der Waals surface area (Å²) in [7, 11) is 0. The van der Waals surface area contributed by atoms with Crippen LogP contribution in [0, 0.1) is 0 Å². The van der Waals surface area contributed by atoms with E-state index >= 15 is 0 Å². The molecule has 0 fully saturated rings. The molecule has 0 bridgehead atoms.